The van der Waals surface area contributed by atoms with E-state index in [1.54, 1.807) is 0 Å². The molecule has 0 saturated carbocycles. The van der Waals surface area contributed by atoms with Crippen molar-refractivity contribution < 1.29 is 0 Å². The van der Waals surface area contributed by atoms with Crippen LogP contribution in [-0.2, 0) is 5.41 Å². The van der Waals surface area contributed by atoms with Crippen LogP contribution in [0.3, 0.4) is 0 Å². The molecule has 2 heterocycles. The van der Waals surface area contributed by atoms with Crippen LogP contribution in [0.25, 0.3) is 11.1 Å². The molecular weight excluding hydrogens is 757 g/mol. The maximum atomic E-state index is 4.97. The first-order valence-corrected chi connectivity index (χ1v) is 21.5. The van der Waals surface area contributed by atoms with E-state index in [2.05, 4.69) is 206 Å². The summed E-state index contributed by atoms with van der Waals surface area (Å²) >= 11 is 3.63. The Kier molecular flexibility index (Phi) is 8.64. The van der Waals surface area contributed by atoms with Crippen LogP contribution < -0.4 is 9.80 Å². The van der Waals surface area contributed by atoms with Crippen LogP contribution in [-0.4, -0.2) is 26.5 Å². The van der Waals surface area contributed by atoms with Crippen LogP contribution in [0, 0.1) is 0 Å². The second-order valence-corrected chi connectivity index (χ2v) is 17.3. The average Bonchev–Trinajstić information content (AvgIpc) is 3.59. The van der Waals surface area contributed by atoms with Gasteiger partial charge in [0.15, 0.2) is 0 Å². The number of nitrogens with zero attached hydrogens (tertiary/aromatic N) is 4. The first kappa shape index (κ1) is 35.6. The fraction of sp³-hybridized carbons (Fsp3) is 0.0566. The molecule has 6 heteroatoms. The van der Waals surface area contributed by atoms with E-state index in [4.69, 9.17) is 9.98 Å². The minimum absolute atomic E-state index is 0.506. The van der Waals surface area contributed by atoms with Gasteiger partial charge < -0.3 is 9.80 Å². The van der Waals surface area contributed by atoms with Crippen LogP contribution in [0.15, 0.2) is 212 Å². The van der Waals surface area contributed by atoms with Gasteiger partial charge in [-0.25, -0.2) is 0 Å². The van der Waals surface area contributed by atoms with Gasteiger partial charge in [0.2, 0.25) is 0 Å². The fourth-order valence-corrected chi connectivity index (χ4v) is 11.4. The number of para-hydroxylation sites is 2. The summed E-state index contributed by atoms with van der Waals surface area (Å²) in [5.74, 6) is 0. The zero-order valence-electron chi connectivity index (χ0n) is 32.6. The quantitative estimate of drug-likeness (QED) is 0.157. The minimum atomic E-state index is -0.506. The summed E-state index contributed by atoms with van der Waals surface area (Å²) in [5.41, 5.74) is 15.9. The third-order valence-electron chi connectivity index (χ3n) is 11.9. The van der Waals surface area contributed by atoms with Crippen LogP contribution in [0.1, 0.15) is 33.4 Å². The van der Waals surface area contributed by atoms with Gasteiger partial charge in [-0.15, -0.1) is 0 Å². The summed E-state index contributed by atoms with van der Waals surface area (Å²) in [4.78, 5) is 19.5. The van der Waals surface area contributed by atoms with Crippen molar-refractivity contribution >= 4 is 70.1 Å². The lowest BCUT2D eigenvalue weighted by Crippen LogP contribution is -2.28. The number of fused-ring (bicyclic) bond motifs is 7. The van der Waals surface area contributed by atoms with E-state index < -0.39 is 5.41 Å². The normalized spacial score (nSPS) is 14.4. The lowest BCUT2D eigenvalue weighted by atomic mass is 9.67. The molecule has 2 aliphatic heterocycles. The molecule has 0 spiro atoms. The highest BCUT2D eigenvalue weighted by Crippen LogP contribution is 2.56. The summed E-state index contributed by atoms with van der Waals surface area (Å²) < 4.78 is 0. The first-order valence-electron chi connectivity index (χ1n) is 19.8. The Labute approximate surface area is 353 Å². The van der Waals surface area contributed by atoms with Gasteiger partial charge in [-0.3, -0.25) is 9.98 Å². The summed E-state index contributed by atoms with van der Waals surface area (Å²) in [7, 11) is 4.27. The van der Waals surface area contributed by atoms with E-state index in [0.717, 1.165) is 22.5 Å². The van der Waals surface area contributed by atoms with Crippen molar-refractivity contribution in [3.63, 3.8) is 0 Å². The Balaban J connectivity index is 0.910. The lowest BCUT2D eigenvalue weighted by molar-refractivity contribution is 0.768. The second-order valence-electron chi connectivity index (χ2n) is 15.2. The highest BCUT2D eigenvalue weighted by Gasteiger charge is 2.45. The predicted octanol–water partition coefficient (Wildman–Crippen LogP) is 14.0. The smallest absolute Gasteiger partial charge is 0.0713 e. The number of benzene rings is 8. The number of rotatable bonds is 6. The predicted molar refractivity (Wildman–Crippen MR) is 248 cm³/mol. The maximum Gasteiger partial charge on any atom is 0.0713 e. The zero-order valence-corrected chi connectivity index (χ0v) is 34.2. The van der Waals surface area contributed by atoms with Crippen molar-refractivity contribution in [3.8, 4) is 11.1 Å². The maximum absolute atomic E-state index is 4.97. The van der Waals surface area contributed by atoms with E-state index in [-0.39, 0.29) is 0 Å². The van der Waals surface area contributed by atoms with Crippen molar-refractivity contribution in [3.05, 3.63) is 215 Å². The molecule has 0 fully saturated rings. The van der Waals surface area contributed by atoms with Crippen LogP contribution >= 0.6 is 23.5 Å². The summed E-state index contributed by atoms with van der Waals surface area (Å²) in [6.07, 6.45) is 3.96. The summed E-state index contributed by atoms with van der Waals surface area (Å²) in [5, 5.41) is 0. The van der Waals surface area contributed by atoms with Crippen LogP contribution in [0.2, 0.25) is 0 Å². The zero-order chi connectivity index (χ0) is 39.5. The molecule has 282 valence electrons. The SMILES string of the molecule is CN1c2ccccc2Sc2cc(C=Nc3ccc(C4(c5ccc(N=Cc6ccc7c(c6)Sc6ccccc6N7C)cc5)c5ccccc5-c5ccccc54)cc3)ccc21. The van der Waals surface area contributed by atoms with E-state index in [0.29, 0.717) is 0 Å². The molecule has 0 atom stereocenters. The highest BCUT2D eigenvalue weighted by atomic mass is 32.2. The van der Waals surface area contributed by atoms with Crippen molar-refractivity contribution in [2.24, 2.45) is 9.98 Å². The third-order valence-corrected chi connectivity index (χ3v) is 14.1. The van der Waals surface area contributed by atoms with E-state index in [1.807, 2.05) is 36.0 Å². The Hall–Kier alpha value is -6.60. The van der Waals surface area contributed by atoms with E-state index in [1.165, 1.54) is 75.7 Å². The Morgan fingerprint density at radius 3 is 1.25 bits per heavy atom. The third kappa shape index (κ3) is 5.93. The van der Waals surface area contributed by atoms with Crippen molar-refractivity contribution in [1.29, 1.82) is 0 Å². The molecule has 0 bridgehead atoms. The van der Waals surface area contributed by atoms with Crippen LogP contribution in [0.5, 0.6) is 0 Å². The monoisotopic (exact) mass is 794 g/mol. The molecule has 11 rings (SSSR count). The standard InChI is InChI=1S/C53H38N4S2/c1-56-45-15-7-9-17-49(45)58-51-31-35(19-29-47(51)56)33-54-39-25-21-37(22-26-39)53(43-13-5-3-11-41(43)42-12-4-6-14-44(42)53)38-23-27-40(28-24-38)55-34-36-20-30-48-52(32-36)59-50-18-10-8-16-46(50)57(48)2/h3-34H,1-2H3. The Bertz CT molecular complexity index is 2780. The highest BCUT2D eigenvalue weighted by molar-refractivity contribution is 8.00. The van der Waals surface area contributed by atoms with Gasteiger partial charge >= 0.3 is 0 Å². The molecule has 59 heavy (non-hydrogen) atoms. The minimum Gasteiger partial charge on any atom is -0.343 e. The molecule has 3 aliphatic rings. The molecule has 0 unspecified atom stereocenters. The van der Waals surface area contributed by atoms with Crippen molar-refractivity contribution in [2.75, 3.05) is 23.9 Å². The largest absolute Gasteiger partial charge is 0.343 e. The van der Waals surface area contributed by atoms with E-state index >= 15 is 0 Å². The average molecular weight is 795 g/mol. The van der Waals surface area contributed by atoms with Crippen molar-refractivity contribution in [1.82, 2.24) is 0 Å². The summed E-state index contributed by atoms with van der Waals surface area (Å²) in [6.45, 7) is 0. The van der Waals surface area contributed by atoms with Gasteiger partial charge in [-0.2, -0.15) is 0 Å². The molecule has 8 aromatic rings. The molecule has 0 N–H and O–H groups in total. The van der Waals surface area contributed by atoms with Gasteiger partial charge in [0.1, 0.15) is 0 Å². The molecule has 0 amide bonds. The number of hydrogen-bond acceptors (Lipinski definition) is 6. The molecule has 8 aromatic carbocycles. The number of aliphatic imine (C=N–C) groups is 2. The Morgan fingerprint density at radius 1 is 0.407 bits per heavy atom. The second kappa shape index (κ2) is 14.3. The summed E-state index contributed by atoms with van der Waals surface area (Å²) in [6, 6.07) is 65.7. The molecular formula is C53H38N4S2. The van der Waals surface area contributed by atoms with Gasteiger partial charge in [-0.05, 0) is 117 Å². The van der Waals surface area contributed by atoms with Crippen LogP contribution in [0.4, 0.5) is 34.1 Å². The van der Waals surface area contributed by atoms with E-state index in [9.17, 15) is 0 Å². The van der Waals surface area contributed by atoms with Crippen molar-refractivity contribution in [2.45, 2.75) is 25.0 Å². The molecule has 0 radical (unpaired) electrons. The topological polar surface area (TPSA) is 31.2 Å². The van der Waals surface area contributed by atoms with Gasteiger partial charge in [0, 0.05) is 46.1 Å². The lowest BCUT2D eigenvalue weighted by Gasteiger charge is -2.34. The fourth-order valence-electron chi connectivity index (χ4n) is 8.99. The molecule has 1 aliphatic carbocycles. The molecule has 0 aromatic heterocycles. The number of anilines is 4. The Morgan fingerprint density at radius 2 is 0.797 bits per heavy atom. The molecule has 4 nitrogen and oxygen atoms in total. The molecule has 0 saturated heterocycles. The van der Waals surface area contributed by atoms with Gasteiger partial charge in [0.05, 0.1) is 39.5 Å². The number of hydrogen-bond donors (Lipinski definition) is 0. The first-order chi connectivity index (χ1) is 29.0. The van der Waals surface area contributed by atoms with Gasteiger partial charge in [-0.1, -0.05) is 133 Å². The van der Waals surface area contributed by atoms with Gasteiger partial charge in [0.25, 0.3) is 0 Å².